The highest BCUT2D eigenvalue weighted by Crippen LogP contribution is 2.24. The van der Waals surface area contributed by atoms with Gasteiger partial charge in [-0.3, -0.25) is 0 Å². The molecular formula is C17H22ClNO2. The van der Waals surface area contributed by atoms with E-state index >= 15 is 0 Å². The normalized spacial score (nSPS) is 13.1. The monoisotopic (exact) mass is 307 g/mol. The standard InChI is InChI=1S/C17H21NO2.ClH/c1-2-6-16(19)17(18)13-9-11-15(12-10-13)20-14-7-4-3-5-8-14;/h3-5,7-12,16-17,19H,2,6,18H2,1H3;1H/t16-,17+;/m1./s1. The molecule has 0 saturated heterocycles. The Hall–Kier alpha value is -1.55. The zero-order valence-electron chi connectivity index (χ0n) is 12.1. The maximum atomic E-state index is 9.92. The molecule has 114 valence electrons. The smallest absolute Gasteiger partial charge is 0.127 e. The van der Waals surface area contributed by atoms with Crippen LogP contribution < -0.4 is 10.5 Å². The van der Waals surface area contributed by atoms with Gasteiger partial charge in [0.2, 0.25) is 0 Å². The molecule has 21 heavy (non-hydrogen) atoms. The van der Waals surface area contributed by atoms with E-state index < -0.39 is 6.10 Å². The van der Waals surface area contributed by atoms with Gasteiger partial charge in [-0.15, -0.1) is 12.4 Å². The number of para-hydroxylation sites is 1. The minimum absolute atomic E-state index is 0. The minimum atomic E-state index is -0.499. The highest BCUT2D eigenvalue weighted by molar-refractivity contribution is 5.85. The minimum Gasteiger partial charge on any atom is -0.457 e. The molecule has 0 fully saturated rings. The second-order valence-corrected chi connectivity index (χ2v) is 4.87. The first-order valence-corrected chi connectivity index (χ1v) is 6.97. The van der Waals surface area contributed by atoms with Crippen molar-refractivity contribution in [1.82, 2.24) is 0 Å². The number of hydrogen-bond donors (Lipinski definition) is 2. The summed E-state index contributed by atoms with van der Waals surface area (Å²) < 4.78 is 5.72. The molecule has 0 radical (unpaired) electrons. The van der Waals surface area contributed by atoms with Crippen molar-refractivity contribution in [2.75, 3.05) is 0 Å². The topological polar surface area (TPSA) is 55.5 Å². The molecule has 0 spiro atoms. The summed E-state index contributed by atoms with van der Waals surface area (Å²) in [4.78, 5) is 0. The van der Waals surface area contributed by atoms with Crippen LogP contribution in [0.15, 0.2) is 54.6 Å². The molecule has 3 N–H and O–H groups in total. The van der Waals surface area contributed by atoms with Gasteiger partial charge in [0.15, 0.2) is 0 Å². The highest BCUT2D eigenvalue weighted by Gasteiger charge is 2.15. The fourth-order valence-corrected chi connectivity index (χ4v) is 2.08. The Kier molecular flexibility index (Phi) is 7.23. The molecule has 0 heterocycles. The van der Waals surface area contributed by atoms with Gasteiger partial charge in [-0.1, -0.05) is 43.7 Å². The Balaban J connectivity index is 0.00000220. The van der Waals surface area contributed by atoms with E-state index in [-0.39, 0.29) is 18.4 Å². The van der Waals surface area contributed by atoms with Gasteiger partial charge in [0.1, 0.15) is 11.5 Å². The van der Waals surface area contributed by atoms with Gasteiger partial charge in [0.25, 0.3) is 0 Å². The summed E-state index contributed by atoms with van der Waals surface area (Å²) >= 11 is 0. The molecule has 0 saturated carbocycles. The summed E-state index contributed by atoms with van der Waals surface area (Å²) in [6.45, 7) is 2.03. The van der Waals surface area contributed by atoms with Gasteiger partial charge in [-0.2, -0.15) is 0 Å². The maximum Gasteiger partial charge on any atom is 0.127 e. The van der Waals surface area contributed by atoms with Gasteiger partial charge in [-0.25, -0.2) is 0 Å². The van der Waals surface area contributed by atoms with E-state index in [2.05, 4.69) is 0 Å². The molecule has 0 aliphatic rings. The fraction of sp³-hybridized carbons (Fsp3) is 0.294. The number of benzene rings is 2. The third-order valence-corrected chi connectivity index (χ3v) is 3.24. The second kappa shape index (κ2) is 8.67. The molecule has 0 unspecified atom stereocenters. The molecule has 2 aromatic rings. The van der Waals surface area contributed by atoms with Crippen LogP contribution in [0.2, 0.25) is 0 Å². The summed E-state index contributed by atoms with van der Waals surface area (Å²) in [5.41, 5.74) is 6.96. The molecule has 0 bridgehead atoms. The summed E-state index contributed by atoms with van der Waals surface area (Å²) in [5.74, 6) is 1.56. The van der Waals surface area contributed by atoms with E-state index in [9.17, 15) is 5.11 Å². The van der Waals surface area contributed by atoms with Crippen LogP contribution in [-0.2, 0) is 0 Å². The van der Waals surface area contributed by atoms with Crippen LogP contribution in [0.3, 0.4) is 0 Å². The number of rotatable bonds is 6. The van der Waals surface area contributed by atoms with Crippen molar-refractivity contribution in [3.8, 4) is 11.5 Å². The third-order valence-electron chi connectivity index (χ3n) is 3.24. The van der Waals surface area contributed by atoms with Crippen molar-refractivity contribution < 1.29 is 9.84 Å². The summed E-state index contributed by atoms with van der Waals surface area (Å²) in [6, 6.07) is 16.8. The van der Waals surface area contributed by atoms with Gasteiger partial charge < -0.3 is 15.6 Å². The van der Waals surface area contributed by atoms with Crippen molar-refractivity contribution >= 4 is 12.4 Å². The van der Waals surface area contributed by atoms with Crippen molar-refractivity contribution in [3.63, 3.8) is 0 Å². The average molecular weight is 308 g/mol. The number of ether oxygens (including phenoxy) is 1. The molecule has 0 aliphatic heterocycles. The van der Waals surface area contributed by atoms with E-state index in [1.165, 1.54) is 0 Å². The largest absolute Gasteiger partial charge is 0.457 e. The molecule has 0 amide bonds. The van der Waals surface area contributed by atoms with Crippen molar-refractivity contribution in [1.29, 1.82) is 0 Å². The van der Waals surface area contributed by atoms with Crippen molar-refractivity contribution in [2.45, 2.75) is 31.9 Å². The van der Waals surface area contributed by atoms with E-state index in [1.54, 1.807) is 0 Å². The van der Waals surface area contributed by atoms with E-state index in [4.69, 9.17) is 10.5 Å². The molecule has 0 aliphatic carbocycles. The second-order valence-electron chi connectivity index (χ2n) is 4.87. The Morgan fingerprint density at radius 2 is 1.57 bits per heavy atom. The van der Waals surface area contributed by atoms with Crippen LogP contribution in [-0.4, -0.2) is 11.2 Å². The number of hydrogen-bond acceptors (Lipinski definition) is 3. The lowest BCUT2D eigenvalue weighted by atomic mass is 9.99. The van der Waals surface area contributed by atoms with Crippen LogP contribution in [0.4, 0.5) is 0 Å². The zero-order chi connectivity index (χ0) is 14.4. The highest BCUT2D eigenvalue weighted by atomic mass is 35.5. The number of nitrogens with two attached hydrogens (primary N) is 1. The fourth-order valence-electron chi connectivity index (χ4n) is 2.08. The predicted octanol–water partition coefficient (Wildman–Crippen LogP) is 4.06. The van der Waals surface area contributed by atoms with Crippen molar-refractivity contribution in [3.05, 3.63) is 60.2 Å². The average Bonchev–Trinajstić information content (AvgIpc) is 2.48. The quantitative estimate of drug-likeness (QED) is 0.846. The Morgan fingerprint density at radius 3 is 2.14 bits per heavy atom. The Morgan fingerprint density at radius 1 is 1.00 bits per heavy atom. The molecule has 2 aromatic carbocycles. The maximum absolute atomic E-state index is 9.92. The summed E-state index contributed by atoms with van der Waals surface area (Å²) in [5, 5.41) is 9.92. The van der Waals surface area contributed by atoms with Gasteiger partial charge in [0, 0.05) is 0 Å². The number of aliphatic hydroxyl groups excluding tert-OH is 1. The van der Waals surface area contributed by atoms with Crippen molar-refractivity contribution in [2.24, 2.45) is 5.73 Å². The SMILES string of the molecule is CCC[C@@H](O)[C@@H](N)c1ccc(Oc2ccccc2)cc1.Cl. The van der Waals surface area contributed by atoms with E-state index in [0.717, 1.165) is 23.5 Å². The summed E-state index contributed by atoms with van der Waals surface area (Å²) in [6.07, 6.45) is 1.13. The van der Waals surface area contributed by atoms with Crippen LogP contribution >= 0.6 is 12.4 Å². The van der Waals surface area contributed by atoms with Gasteiger partial charge >= 0.3 is 0 Å². The first-order valence-electron chi connectivity index (χ1n) is 6.97. The first kappa shape index (κ1) is 17.5. The lowest BCUT2D eigenvalue weighted by Crippen LogP contribution is -2.25. The van der Waals surface area contributed by atoms with Crippen LogP contribution in [0.5, 0.6) is 11.5 Å². The molecule has 4 heteroatoms. The van der Waals surface area contributed by atoms with Crippen LogP contribution in [0.1, 0.15) is 31.4 Å². The molecule has 2 rings (SSSR count). The van der Waals surface area contributed by atoms with Crippen LogP contribution in [0, 0.1) is 0 Å². The Bertz CT molecular complexity index is 516. The number of halogens is 1. The van der Waals surface area contributed by atoms with Gasteiger partial charge in [-0.05, 0) is 36.2 Å². The van der Waals surface area contributed by atoms with Crippen LogP contribution in [0.25, 0.3) is 0 Å². The lowest BCUT2D eigenvalue weighted by molar-refractivity contribution is 0.134. The molecule has 3 nitrogen and oxygen atoms in total. The van der Waals surface area contributed by atoms with E-state index in [0.29, 0.717) is 6.42 Å². The van der Waals surface area contributed by atoms with E-state index in [1.807, 2.05) is 61.5 Å². The first-order chi connectivity index (χ1) is 9.70. The van der Waals surface area contributed by atoms with Gasteiger partial charge in [0.05, 0.1) is 12.1 Å². The third kappa shape index (κ3) is 5.05. The lowest BCUT2D eigenvalue weighted by Gasteiger charge is -2.18. The predicted molar refractivity (Wildman–Crippen MR) is 88.0 cm³/mol. The Labute approximate surface area is 132 Å². The number of aliphatic hydroxyl groups is 1. The summed E-state index contributed by atoms with van der Waals surface area (Å²) in [7, 11) is 0. The zero-order valence-corrected chi connectivity index (χ0v) is 12.9. The molecular weight excluding hydrogens is 286 g/mol. The molecule has 2 atom stereocenters. The molecule has 0 aromatic heterocycles.